The maximum atomic E-state index is 13.0. The molecular weight excluding hydrogens is 266 g/mol. The molecule has 1 saturated heterocycles. The lowest BCUT2D eigenvalue weighted by molar-refractivity contribution is -0.129. The van der Waals surface area contributed by atoms with Crippen molar-refractivity contribution < 1.29 is 18.4 Å². The third-order valence-corrected chi connectivity index (χ3v) is 3.26. The Morgan fingerprint density at radius 2 is 1.85 bits per heavy atom. The first-order chi connectivity index (χ1) is 9.58. The van der Waals surface area contributed by atoms with E-state index in [4.69, 9.17) is 0 Å². The highest BCUT2D eigenvalue weighted by Gasteiger charge is 2.17. The second kappa shape index (κ2) is 6.45. The molecule has 1 heterocycles. The van der Waals surface area contributed by atoms with Crippen molar-refractivity contribution in [1.29, 1.82) is 0 Å². The third kappa shape index (κ3) is 3.53. The van der Waals surface area contributed by atoms with Gasteiger partial charge < -0.3 is 10.2 Å². The Kier molecular flexibility index (Phi) is 4.65. The predicted octanol–water partition coefficient (Wildman–Crippen LogP) is 1.71. The summed E-state index contributed by atoms with van der Waals surface area (Å²) in [5.74, 6) is -2.57. The molecule has 2 rings (SSSR count). The van der Waals surface area contributed by atoms with E-state index < -0.39 is 17.5 Å². The lowest BCUT2D eigenvalue weighted by Crippen LogP contribution is -2.32. The Balaban J connectivity index is 1.79. The smallest absolute Gasteiger partial charge is 0.251 e. The fourth-order valence-electron chi connectivity index (χ4n) is 2.15. The van der Waals surface area contributed by atoms with Crippen molar-refractivity contribution in [1.82, 2.24) is 10.2 Å². The number of amides is 2. The Morgan fingerprint density at radius 3 is 2.50 bits per heavy atom. The van der Waals surface area contributed by atoms with Gasteiger partial charge in [0, 0.05) is 31.6 Å². The van der Waals surface area contributed by atoms with E-state index in [9.17, 15) is 18.4 Å². The van der Waals surface area contributed by atoms with E-state index in [0.717, 1.165) is 38.1 Å². The van der Waals surface area contributed by atoms with Gasteiger partial charge in [0.2, 0.25) is 5.91 Å². The van der Waals surface area contributed by atoms with Crippen LogP contribution in [0.1, 0.15) is 29.6 Å². The molecule has 1 aromatic carbocycles. The van der Waals surface area contributed by atoms with Crippen molar-refractivity contribution in [2.45, 2.75) is 19.3 Å². The van der Waals surface area contributed by atoms with Crippen LogP contribution in [0.2, 0.25) is 0 Å². The molecule has 1 aromatic rings. The largest absolute Gasteiger partial charge is 0.352 e. The summed E-state index contributed by atoms with van der Waals surface area (Å²) in [4.78, 5) is 25.2. The van der Waals surface area contributed by atoms with Crippen molar-refractivity contribution in [3.63, 3.8) is 0 Å². The number of carbonyl (C=O) groups excluding carboxylic acids is 2. The monoisotopic (exact) mass is 282 g/mol. The zero-order valence-electron chi connectivity index (χ0n) is 11.0. The summed E-state index contributed by atoms with van der Waals surface area (Å²) in [6.45, 7) is 1.74. The molecule has 0 aromatic heterocycles. The van der Waals surface area contributed by atoms with E-state index in [2.05, 4.69) is 5.32 Å². The lowest BCUT2D eigenvalue weighted by Gasteiger charge is -2.15. The summed E-state index contributed by atoms with van der Waals surface area (Å²) >= 11 is 0. The molecule has 1 aliphatic heterocycles. The maximum absolute atomic E-state index is 13.0. The summed E-state index contributed by atoms with van der Waals surface area (Å²) in [7, 11) is 0. The van der Waals surface area contributed by atoms with Crippen molar-refractivity contribution in [3.05, 3.63) is 35.4 Å². The van der Waals surface area contributed by atoms with Crippen LogP contribution in [0, 0.1) is 11.6 Å². The Bertz CT molecular complexity index is 514. The number of rotatable bonds is 4. The molecule has 20 heavy (non-hydrogen) atoms. The number of likely N-dealkylation sites (tertiary alicyclic amines) is 1. The molecule has 0 radical (unpaired) electrons. The van der Waals surface area contributed by atoms with Crippen LogP contribution < -0.4 is 5.32 Å². The zero-order chi connectivity index (χ0) is 14.5. The molecule has 1 aliphatic rings. The molecule has 0 unspecified atom stereocenters. The van der Waals surface area contributed by atoms with Crippen molar-refractivity contribution in [2.75, 3.05) is 19.6 Å². The number of hydrogen-bond acceptors (Lipinski definition) is 2. The van der Waals surface area contributed by atoms with E-state index >= 15 is 0 Å². The van der Waals surface area contributed by atoms with Gasteiger partial charge in [-0.25, -0.2) is 8.78 Å². The molecule has 0 bridgehead atoms. The molecule has 108 valence electrons. The number of halogens is 2. The van der Waals surface area contributed by atoms with Crippen LogP contribution in [0.25, 0.3) is 0 Å². The predicted molar refractivity (Wildman–Crippen MR) is 69.1 cm³/mol. The first-order valence-electron chi connectivity index (χ1n) is 6.59. The number of carbonyl (C=O) groups is 2. The first-order valence-corrected chi connectivity index (χ1v) is 6.59. The molecular formula is C14H16F2N2O2. The first kappa shape index (κ1) is 14.4. The van der Waals surface area contributed by atoms with Crippen LogP contribution in [-0.2, 0) is 4.79 Å². The van der Waals surface area contributed by atoms with Crippen molar-refractivity contribution in [2.24, 2.45) is 0 Å². The Hall–Kier alpha value is -1.98. The van der Waals surface area contributed by atoms with Gasteiger partial charge in [-0.15, -0.1) is 0 Å². The van der Waals surface area contributed by atoms with Crippen LogP contribution in [0.4, 0.5) is 8.78 Å². The highest BCUT2D eigenvalue weighted by molar-refractivity contribution is 5.94. The highest BCUT2D eigenvalue weighted by Crippen LogP contribution is 2.10. The van der Waals surface area contributed by atoms with Crippen molar-refractivity contribution in [3.8, 4) is 0 Å². The van der Waals surface area contributed by atoms with E-state index in [1.54, 1.807) is 4.90 Å². The van der Waals surface area contributed by atoms with Crippen molar-refractivity contribution >= 4 is 11.8 Å². The van der Waals surface area contributed by atoms with Crippen LogP contribution in [-0.4, -0.2) is 36.3 Å². The van der Waals surface area contributed by atoms with E-state index in [1.807, 2.05) is 0 Å². The minimum atomic E-state index is -1.06. The molecule has 2 amide bonds. The van der Waals surface area contributed by atoms with Gasteiger partial charge in [0.05, 0.1) is 0 Å². The molecule has 4 nitrogen and oxygen atoms in total. The molecule has 6 heteroatoms. The maximum Gasteiger partial charge on any atom is 0.251 e. The summed E-state index contributed by atoms with van der Waals surface area (Å²) in [5.41, 5.74) is 0.0394. The van der Waals surface area contributed by atoms with Crippen LogP contribution in [0.5, 0.6) is 0 Å². The molecule has 1 fully saturated rings. The minimum Gasteiger partial charge on any atom is -0.352 e. The normalized spacial score (nSPS) is 14.4. The molecule has 0 spiro atoms. The van der Waals surface area contributed by atoms with Gasteiger partial charge >= 0.3 is 0 Å². The second-order valence-corrected chi connectivity index (χ2v) is 4.72. The Labute approximate surface area is 115 Å². The molecule has 0 aliphatic carbocycles. The van der Waals surface area contributed by atoms with Gasteiger partial charge in [0.1, 0.15) is 0 Å². The molecule has 1 N–H and O–H groups in total. The van der Waals surface area contributed by atoms with Gasteiger partial charge in [-0.2, -0.15) is 0 Å². The average Bonchev–Trinajstić information content (AvgIpc) is 2.95. The van der Waals surface area contributed by atoms with E-state index in [0.29, 0.717) is 0 Å². The summed E-state index contributed by atoms with van der Waals surface area (Å²) in [6, 6.07) is 2.95. The number of hydrogen-bond donors (Lipinski definition) is 1. The summed E-state index contributed by atoms with van der Waals surface area (Å²) in [5, 5.41) is 2.52. The highest BCUT2D eigenvalue weighted by atomic mass is 19.2. The number of nitrogens with zero attached hydrogens (tertiary/aromatic N) is 1. The second-order valence-electron chi connectivity index (χ2n) is 4.72. The van der Waals surface area contributed by atoms with E-state index in [-0.39, 0.29) is 24.4 Å². The summed E-state index contributed by atoms with van der Waals surface area (Å²) in [6.07, 6.45) is 2.26. The lowest BCUT2D eigenvalue weighted by atomic mass is 10.2. The number of benzene rings is 1. The topological polar surface area (TPSA) is 49.4 Å². The van der Waals surface area contributed by atoms with Gasteiger partial charge in [-0.1, -0.05) is 0 Å². The summed E-state index contributed by atoms with van der Waals surface area (Å²) < 4.78 is 25.7. The number of nitrogens with one attached hydrogen (secondary N) is 1. The van der Waals surface area contributed by atoms with Gasteiger partial charge in [0.15, 0.2) is 11.6 Å². The van der Waals surface area contributed by atoms with Gasteiger partial charge in [-0.05, 0) is 31.0 Å². The van der Waals surface area contributed by atoms with Crippen LogP contribution >= 0.6 is 0 Å². The standard InChI is InChI=1S/C14H16F2N2O2/c15-11-4-3-10(9-12(11)16)14(20)17-6-5-13(19)18-7-1-2-8-18/h3-4,9H,1-2,5-8H2,(H,17,20). The minimum absolute atomic E-state index is 0.00749. The fourth-order valence-corrected chi connectivity index (χ4v) is 2.15. The molecule has 0 atom stereocenters. The SMILES string of the molecule is O=C(NCCC(=O)N1CCCC1)c1ccc(F)c(F)c1. The van der Waals surface area contributed by atoms with Crippen LogP contribution in [0.15, 0.2) is 18.2 Å². The quantitative estimate of drug-likeness (QED) is 0.914. The Morgan fingerprint density at radius 1 is 1.15 bits per heavy atom. The molecule has 0 saturated carbocycles. The third-order valence-electron chi connectivity index (χ3n) is 3.26. The average molecular weight is 282 g/mol. The zero-order valence-corrected chi connectivity index (χ0v) is 11.0. The van der Waals surface area contributed by atoms with Crippen LogP contribution in [0.3, 0.4) is 0 Å². The fraction of sp³-hybridized carbons (Fsp3) is 0.429. The van der Waals surface area contributed by atoms with Gasteiger partial charge in [0.25, 0.3) is 5.91 Å². The van der Waals surface area contributed by atoms with E-state index in [1.165, 1.54) is 6.07 Å². The van der Waals surface area contributed by atoms with Gasteiger partial charge in [-0.3, -0.25) is 9.59 Å².